The summed E-state index contributed by atoms with van der Waals surface area (Å²) in [6.07, 6.45) is -0.351. The number of fused-ring (bicyclic) bond motifs is 1. The van der Waals surface area contributed by atoms with Gasteiger partial charge in [0, 0.05) is 0 Å². The molecule has 0 bridgehead atoms. The van der Waals surface area contributed by atoms with Crippen molar-refractivity contribution < 1.29 is 14.9 Å². The van der Waals surface area contributed by atoms with Crippen LogP contribution in [0.15, 0.2) is 12.5 Å². The van der Waals surface area contributed by atoms with Gasteiger partial charge in [0.2, 0.25) is 0 Å². The van der Waals surface area contributed by atoms with E-state index in [0.717, 1.165) is 0 Å². The summed E-state index contributed by atoms with van der Waals surface area (Å²) < 4.78 is 5.26. The molecule has 8 nitrogen and oxygen atoms in total. The van der Waals surface area contributed by atoms with Crippen LogP contribution >= 0.6 is 23.2 Å². The second-order valence-electron chi connectivity index (χ2n) is 4.42. The summed E-state index contributed by atoms with van der Waals surface area (Å²) in [7, 11) is 0. The van der Waals surface area contributed by atoms with E-state index in [1.165, 1.54) is 17.0 Å². The van der Waals surface area contributed by atoms with Gasteiger partial charge in [-0.25, -0.2) is 14.5 Å². The lowest BCUT2D eigenvalue weighted by Gasteiger charge is -2.22. The van der Waals surface area contributed by atoms with E-state index in [1.54, 1.807) is 0 Å². The molecule has 2 aromatic heterocycles. The first-order valence-corrected chi connectivity index (χ1v) is 6.48. The van der Waals surface area contributed by atoms with E-state index in [-0.39, 0.29) is 5.82 Å². The van der Waals surface area contributed by atoms with Gasteiger partial charge in [0.25, 0.3) is 0 Å². The van der Waals surface area contributed by atoms with Crippen molar-refractivity contribution in [3.8, 4) is 0 Å². The highest BCUT2D eigenvalue weighted by molar-refractivity contribution is 6.49. The number of rotatable bonds is 2. The Hall–Kier alpha value is -1.19. The van der Waals surface area contributed by atoms with E-state index in [9.17, 15) is 10.2 Å². The van der Waals surface area contributed by atoms with Crippen LogP contribution in [-0.2, 0) is 4.74 Å². The minimum Gasteiger partial charge on any atom is -0.394 e. The number of nitrogens with two attached hydrogens (primary N) is 1. The van der Waals surface area contributed by atoms with E-state index in [0.29, 0.717) is 11.3 Å². The predicted octanol–water partition coefficient (Wildman–Crippen LogP) is -0.327. The summed E-state index contributed by atoms with van der Waals surface area (Å²) in [5.74, 6) is 0.193. The van der Waals surface area contributed by atoms with Crippen molar-refractivity contribution in [3.63, 3.8) is 0 Å². The van der Waals surface area contributed by atoms with Crippen LogP contribution in [0.4, 0.5) is 5.82 Å². The first kappa shape index (κ1) is 13.8. The Morgan fingerprint density at radius 3 is 2.85 bits per heavy atom. The quantitative estimate of drug-likeness (QED) is 0.648. The molecule has 0 spiro atoms. The van der Waals surface area contributed by atoms with Gasteiger partial charge in [0.15, 0.2) is 15.8 Å². The molecule has 20 heavy (non-hydrogen) atoms. The molecule has 2 aromatic rings. The lowest BCUT2D eigenvalue weighted by molar-refractivity contribution is -0.0240. The number of anilines is 1. The molecule has 3 heterocycles. The van der Waals surface area contributed by atoms with E-state index in [4.69, 9.17) is 33.7 Å². The number of nitrogen functional groups attached to an aromatic ring is 1. The fourth-order valence-corrected chi connectivity index (χ4v) is 2.79. The largest absolute Gasteiger partial charge is 0.394 e. The predicted molar refractivity (Wildman–Crippen MR) is 70.3 cm³/mol. The van der Waals surface area contributed by atoms with Gasteiger partial charge >= 0.3 is 0 Å². The zero-order chi connectivity index (χ0) is 14.5. The highest BCUT2D eigenvalue weighted by Gasteiger charge is 2.55. The lowest BCUT2D eigenvalue weighted by Crippen LogP contribution is -2.36. The molecule has 108 valence electrons. The normalized spacial score (nSPS) is 29.1. The zero-order valence-electron chi connectivity index (χ0n) is 10.0. The van der Waals surface area contributed by atoms with Gasteiger partial charge in [0.05, 0.1) is 18.5 Å². The van der Waals surface area contributed by atoms with Gasteiger partial charge in [-0.2, -0.15) is 5.10 Å². The van der Waals surface area contributed by atoms with Crippen LogP contribution in [0, 0.1) is 0 Å². The number of ether oxygens (including phenoxy) is 1. The maximum atomic E-state index is 9.98. The average Bonchev–Trinajstić information content (AvgIpc) is 2.92. The third-order valence-corrected chi connectivity index (χ3v) is 4.06. The maximum absolute atomic E-state index is 9.98. The number of aromatic nitrogens is 4. The summed E-state index contributed by atoms with van der Waals surface area (Å²) in [6, 6.07) is 0. The van der Waals surface area contributed by atoms with Crippen LogP contribution in [0.25, 0.3) is 5.65 Å². The van der Waals surface area contributed by atoms with Crippen molar-refractivity contribution >= 4 is 34.7 Å². The van der Waals surface area contributed by atoms with Crippen LogP contribution in [0.1, 0.15) is 11.8 Å². The molecule has 0 saturated carbocycles. The van der Waals surface area contributed by atoms with Gasteiger partial charge in [0.1, 0.15) is 24.6 Å². The van der Waals surface area contributed by atoms with Crippen LogP contribution in [0.2, 0.25) is 0 Å². The number of aliphatic hydroxyl groups is 2. The molecule has 1 fully saturated rings. The monoisotopic (exact) mass is 319 g/mol. The molecule has 1 aliphatic rings. The van der Waals surface area contributed by atoms with Crippen LogP contribution in [0.3, 0.4) is 0 Å². The number of hydrogen-bond acceptors (Lipinski definition) is 7. The summed E-state index contributed by atoms with van der Waals surface area (Å²) in [5, 5.41) is 23.2. The Morgan fingerprint density at radius 1 is 1.45 bits per heavy atom. The second-order valence-corrected chi connectivity index (χ2v) is 5.86. The Balaban J connectivity index is 2.10. The summed E-state index contributed by atoms with van der Waals surface area (Å²) in [6.45, 7) is -0.410. The van der Waals surface area contributed by atoms with E-state index in [2.05, 4.69) is 15.1 Å². The summed E-state index contributed by atoms with van der Waals surface area (Å²) in [4.78, 5) is 7.89. The number of nitrogens with zero attached hydrogens (tertiary/aromatic N) is 4. The molecular weight excluding hydrogens is 309 g/mol. The van der Waals surface area contributed by atoms with E-state index < -0.39 is 29.3 Å². The van der Waals surface area contributed by atoms with Crippen molar-refractivity contribution in [2.75, 3.05) is 12.3 Å². The number of imidazole rings is 1. The van der Waals surface area contributed by atoms with E-state index >= 15 is 0 Å². The molecule has 10 heteroatoms. The van der Waals surface area contributed by atoms with Crippen LogP contribution < -0.4 is 5.73 Å². The third kappa shape index (κ3) is 1.84. The highest BCUT2D eigenvalue weighted by atomic mass is 35.5. The summed E-state index contributed by atoms with van der Waals surface area (Å²) >= 11 is 12.3. The third-order valence-electron chi connectivity index (χ3n) is 3.21. The molecular formula is C10H11Cl2N5O3. The molecule has 1 aliphatic heterocycles. The van der Waals surface area contributed by atoms with Gasteiger partial charge < -0.3 is 20.7 Å². The Bertz CT molecular complexity index is 649. The molecule has 0 aliphatic carbocycles. The fourth-order valence-electron chi connectivity index (χ4n) is 2.18. The molecule has 1 saturated heterocycles. The van der Waals surface area contributed by atoms with Crippen molar-refractivity contribution in [3.05, 3.63) is 18.2 Å². The fraction of sp³-hybridized carbons (Fsp3) is 0.500. The maximum Gasteiger partial charge on any atom is 0.196 e. The minimum absolute atomic E-state index is 0.193. The minimum atomic E-state index is -1.64. The van der Waals surface area contributed by atoms with Gasteiger partial charge in [-0.3, -0.25) is 0 Å². The second kappa shape index (κ2) is 4.68. The molecule has 4 N–H and O–H groups in total. The Morgan fingerprint density at radius 2 is 2.20 bits per heavy atom. The first-order valence-electron chi connectivity index (χ1n) is 5.73. The van der Waals surface area contributed by atoms with Gasteiger partial charge in [-0.15, -0.1) is 0 Å². The smallest absolute Gasteiger partial charge is 0.196 e. The number of alkyl halides is 2. The van der Waals surface area contributed by atoms with Crippen molar-refractivity contribution in [1.29, 1.82) is 0 Å². The number of hydrogen-bond donors (Lipinski definition) is 3. The highest BCUT2D eigenvalue weighted by Crippen LogP contribution is 2.49. The molecule has 1 unspecified atom stereocenters. The van der Waals surface area contributed by atoms with Gasteiger partial charge in [-0.1, -0.05) is 23.2 Å². The van der Waals surface area contributed by atoms with E-state index in [1.807, 2.05) is 0 Å². The molecule has 0 radical (unpaired) electrons. The molecule has 3 atom stereocenters. The summed E-state index contributed by atoms with van der Waals surface area (Å²) in [5.41, 5.74) is 6.43. The SMILES string of the molecule is Nc1ncnn2c([C@@H]3O[C@H](CO)C(O)C3(Cl)Cl)cnc12. The van der Waals surface area contributed by atoms with Crippen LogP contribution in [0.5, 0.6) is 0 Å². The number of halogens is 2. The molecule has 0 amide bonds. The standard InChI is InChI=1S/C10H11Cl2N5O3/c11-10(12)6(19)5(2-18)20-7(10)4-1-14-9-8(13)15-3-16-17(4)9/h1,3,5-7,18-19H,2H2,(H2,13,15,16)/t5-,6?,7+/m1/s1. The Labute approximate surface area is 123 Å². The topological polar surface area (TPSA) is 119 Å². The first-order chi connectivity index (χ1) is 9.46. The Kier molecular flexibility index (Phi) is 3.22. The lowest BCUT2D eigenvalue weighted by atomic mass is 10.1. The molecule has 3 rings (SSSR count). The zero-order valence-corrected chi connectivity index (χ0v) is 11.5. The van der Waals surface area contributed by atoms with Crippen molar-refractivity contribution in [2.45, 2.75) is 22.6 Å². The van der Waals surface area contributed by atoms with Crippen LogP contribution in [-0.4, -0.2) is 52.9 Å². The van der Waals surface area contributed by atoms with Crippen molar-refractivity contribution in [1.82, 2.24) is 19.6 Å². The van der Waals surface area contributed by atoms with Crippen molar-refractivity contribution in [2.24, 2.45) is 0 Å². The van der Waals surface area contributed by atoms with Gasteiger partial charge in [-0.05, 0) is 0 Å². The molecule has 0 aromatic carbocycles. The average molecular weight is 320 g/mol. The number of aliphatic hydroxyl groups excluding tert-OH is 2.